The van der Waals surface area contributed by atoms with Gasteiger partial charge in [0.2, 0.25) is 0 Å². The summed E-state index contributed by atoms with van der Waals surface area (Å²) in [5, 5.41) is 3.01. The molecule has 2 aromatic carbocycles. The average molecular weight is 415 g/mol. The predicted octanol–water partition coefficient (Wildman–Crippen LogP) is 1.04. The van der Waals surface area contributed by atoms with E-state index in [4.69, 9.17) is 14.2 Å². The number of carbonyl (C=O) groups excluding carboxylic acids is 1. The molecule has 7 heteroatoms. The molecule has 1 fully saturated rings. The van der Waals surface area contributed by atoms with Gasteiger partial charge in [0, 0.05) is 23.9 Å². The Balaban J connectivity index is 1.52. The highest BCUT2D eigenvalue weighted by Crippen LogP contribution is 2.34. The van der Waals surface area contributed by atoms with Crippen molar-refractivity contribution < 1.29 is 23.9 Å². The molecule has 0 radical (unpaired) electrons. The maximum Gasteiger partial charge on any atom is 0.275 e. The number of piperazine rings is 1. The molecule has 1 saturated heterocycles. The molecule has 162 valence electrons. The number of hydrogen-bond acceptors (Lipinski definition) is 5. The van der Waals surface area contributed by atoms with Gasteiger partial charge in [0.05, 0.1) is 47.5 Å². The Morgan fingerprint density at radius 2 is 1.63 bits per heavy atom. The van der Waals surface area contributed by atoms with Crippen molar-refractivity contribution in [3.8, 4) is 17.2 Å². The lowest BCUT2D eigenvalue weighted by Crippen LogP contribution is -3.15. The van der Waals surface area contributed by atoms with E-state index in [9.17, 15) is 4.79 Å². The second kappa shape index (κ2) is 10.2. The largest absolute Gasteiger partial charge is 0.496 e. The van der Waals surface area contributed by atoms with Crippen molar-refractivity contribution in [2.45, 2.75) is 13.5 Å². The van der Waals surface area contributed by atoms with Gasteiger partial charge in [-0.1, -0.05) is 18.2 Å². The van der Waals surface area contributed by atoms with Crippen molar-refractivity contribution >= 4 is 11.6 Å². The smallest absolute Gasteiger partial charge is 0.275 e. The van der Waals surface area contributed by atoms with E-state index in [1.807, 2.05) is 6.07 Å². The van der Waals surface area contributed by atoms with Crippen LogP contribution < -0.4 is 29.3 Å². The summed E-state index contributed by atoms with van der Waals surface area (Å²) >= 11 is 0. The van der Waals surface area contributed by atoms with Gasteiger partial charge in [0.15, 0.2) is 18.0 Å². The van der Waals surface area contributed by atoms with E-state index in [0.29, 0.717) is 30.3 Å². The number of quaternary nitrogens is 1. The minimum atomic E-state index is 0.0335. The molecule has 7 nitrogen and oxygen atoms in total. The number of para-hydroxylation sites is 1. The molecule has 1 heterocycles. The van der Waals surface area contributed by atoms with Gasteiger partial charge in [-0.2, -0.15) is 0 Å². The first-order valence-electron chi connectivity index (χ1n) is 10.3. The first-order valence-corrected chi connectivity index (χ1v) is 10.3. The molecule has 0 saturated carbocycles. The molecule has 1 aliphatic rings. The van der Waals surface area contributed by atoms with Crippen molar-refractivity contribution in [1.82, 2.24) is 5.32 Å². The average Bonchev–Trinajstić information content (AvgIpc) is 2.78. The second-order valence-corrected chi connectivity index (χ2v) is 7.50. The lowest BCUT2D eigenvalue weighted by Gasteiger charge is -2.34. The van der Waals surface area contributed by atoms with Crippen LogP contribution in [0.1, 0.15) is 11.1 Å². The molecule has 0 aromatic heterocycles. The van der Waals surface area contributed by atoms with Crippen LogP contribution in [0.25, 0.3) is 0 Å². The highest BCUT2D eigenvalue weighted by molar-refractivity contribution is 5.77. The lowest BCUT2D eigenvalue weighted by atomic mass is 10.1. The maximum absolute atomic E-state index is 12.5. The number of benzene rings is 2. The summed E-state index contributed by atoms with van der Waals surface area (Å²) in [7, 11) is 4.78. The van der Waals surface area contributed by atoms with Gasteiger partial charge in [-0.15, -0.1) is 0 Å². The number of anilines is 1. The molecule has 2 N–H and O–H groups in total. The molecular weight excluding hydrogens is 382 g/mol. The summed E-state index contributed by atoms with van der Waals surface area (Å²) < 4.78 is 16.1. The number of methoxy groups -OCH3 is 3. The quantitative estimate of drug-likeness (QED) is 0.676. The fraction of sp³-hybridized carbons (Fsp3) is 0.435. The summed E-state index contributed by atoms with van der Waals surface area (Å²) in [4.78, 5) is 16.2. The zero-order valence-electron chi connectivity index (χ0n) is 18.3. The molecule has 3 rings (SSSR count). The van der Waals surface area contributed by atoms with Crippen LogP contribution in [0.2, 0.25) is 0 Å². The van der Waals surface area contributed by atoms with Gasteiger partial charge in [-0.05, 0) is 24.6 Å². The molecule has 0 aliphatic carbocycles. The van der Waals surface area contributed by atoms with Gasteiger partial charge >= 0.3 is 0 Å². The van der Waals surface area contributed by atoms with Gasteiger partial charge in [-0.3, -0.25) is 4.79 Å². The summed E-state index contributed by atoms with van der Waals surface area (Å²) in [6.07, 6.45) is 0. The Kier molecular flexibility index (Phi) is 7.41. The number of rotatable bonds is 8. The normalized spacial score (nSPS) is 14.3. The van der Waals surface area contributed by atoms with Crippen LogP contribution in [-0.4, -0.2) is 60.0 Å². The molecule has 2 aromatic rings. The van der Waals surface area contributed by atoms with Gasteiger partial charge in [0.25, 0.3) is 5.91 Å². The summed E-state index contributed by atoms with van der Waals surface area (Å²) in [5.74, 6) is 1.90. The van der Waals surface area contributed by atoms with Crippen molar-refractivity contribution in [2.24, 2.45) is 0 Å². The van der Waals surface area contributed by atoms with E-state index in [1.54, 1.807) is 27.4 Å². The van der Waals surface area contributed by atoms with Crippen LogP contribution in [0.5, 0.6) is 17.2 Å². The number of aryl methyl sites for hydroxylation is 1. The van der Waals surface area contributed by atoms with Crippen LogP contribution in [0.3, 0.4) is 0 Å². The fourth-order valence-corrected chi connectivity index (χ4v) is 3.87. The third-order valence-electron chi connectivity index (χ3n) is 5.60. The molecule has 0 unspecified atom stereocenters. The standard InChI is InChI=1S/C23H31N3O4/c1-17-7-5-6-8-19(17)26-11-9-25(10-12-26)16-23(27)24-15-18-13-21(29-3)22(30-4)14-20(18)28-2/h5-8,13-14H,9-12,15-16H2,1-4H3,(H,24,27)/p+1. The van der Waals surface area contributed by atoms with Crippen LogP contribution in [0.15, 0.2) is 36.4 Å². The second-order valence-electron chi connectivity index (χ2n) is 7.50. The minimum Gasteiger partial charge on any atom is -0.496 e. The third-order valence-corrected chi connectivity index (χ3v) is 5.60. The van der Waals surface area contributed by atoms with E-state index in [2.05, 4.69) is 41.4 Å². The van der Waals surface area contributed by atoms with Crippen LogP contribution in [0, 0.1) is 6.92 Å². The van der Waals surface area contributed by atoms with Crippen LogP contribution in [-0.2, 0) is 11.3 Å². The predicted molar refractivity (Wildman–Crippen MR) is 117 cm³/mol. The Morgan fingerprint density at radius 1 is 1.00 bits per heavy atom. The van der Waals surface area contributed by atoms with Crippen molar-refractivity contribution in [3.63, 3.8) is 0 Å². The van der Waals surface area contributed by atoms with E-state index >= 15 is 0 Å². The number of amides is 1. The highest BCUT2D eigenvalue weighted by atomic mass is 16.5. The van der Waals surface area contributed by atoms with Gasteiger partial charge < -0.3 is 29.3 Å². The molecular formula is C23H32N3O4+. The van der Waals surface area contributed by atoms with Gasteiger partial charge in [0.1, 0.15) is 5.75 Å². The topological polar surface area (TPSA) is 64.5 Å². The number of carbonyl (C=O) groups is 1. The van der Waals surface area contributed by atoms with E-state index in [1.165, 1.54) is 16.2 Å². The number of nitrogens with one attached hydrogen (secondary N) is 2. The molecule has 0 bridgehead atoms. The fourth-order valence-electron chi connectivity index (χ4n) is 3.87. The van der Waals surface area contributed by atoms with E-state index in [-0.39, 0.29) is 5.91 Å². The SMILES string of the molecule is COc1cc(OC)c(OC)cc1CNC(=O)C[NH+]1CCN(c2ccccc2C)CC1. The summed E-state index contributed by atoms with van der Waals surface area (Å²) in [6, 6.07) is 12.1. The minimum absolute atomic E-state index is 0.0335. The lowest BCUT2D eigenvalue weighted by molar-refractivity contribution is -0.892. The zero-order chi connectivity index (χ0) is 21.5. The zero-order valence-corrected chi connectivity index (χ0v) is 18.3. The molecule has 1 amide bonds. The third kappa shape index (κ3) is 5.16. The van der Waals surface area contributed by atoms with Gasteiger partial charge in [-0.25, -0.2) is 0 Å². The monoisotopic (exact) mass is 414 g/mol. The van der Waals surface area contributed by atoms with Crippen molar-refractivity contribution in [2.75, 3.05) is 59.0 Å². The highest BCUT2D eigenvalue weighted by Gasteiger charge is 2.23. The summed E-state index contributed by atoms with van der Waals surface area (Å²) in [5.41, 5.74) is 3.44. The Hall–Kier alpha value is -2.93. The molecule has 1 aliphatic heterocycles. The summed E-state index contributed by atoms with van der Waals surface area (Å²) in [6.45, 7) is 6.80. The van der Waals surface area contributed by atoms with Crippen LogP contribution >= 0.6 is 0 Å². The molecule has 0 spiro atoms. The van der Waals surface area contributed by atoms with Crippen molar-refractivity contribution in [3.05, 3.63) is 47.5 Å². The first-order chi connectivity index (χ1) is 14.5. The maximum atomic E-state index is 12.5. The number of hydrogen-bond donors (Lipinski definition) is 2. The van der Waals surface area contributed by atoms with E-state index < -0.39 is 0 Å². The Labute approximate surface area is 178 Å². The Bertz CT molecular complexity index is 864. The Morgan fingerprint density at radius 3 is 2.27 bits per heavy atom. The number of nitrogens with zero attached hydrogens (tertiary/aromatic N) is 1. The van der Waals surface area contributed by atoms with E-state index in [0.717, 1.165) is 31.7 Å². The van der Waals surface area contributed by atoms with Crippen LogP contribution in [0.4, 0.5) is 5.69 Å². The molecule has 30 heavy (non-hydrogen) atoms. The molecule has 0 atom stereocenters. The first kappa shape index (κ1) is 21.8. The number of ether oxygens (including phenoxy) is 3. The van der Waals surface area contributed by atoms with Crippen molar-refractivity contribution in [1.29, 1.82) is 0 Å².